The Kier molecular flexibility index (Phi) is 6.29. The average molecular weight is 464 g/mol. The van der Waals surface area contributed by atoms with E-state index < -0.39 is 23.3 Å². The van der Waals surface area contributed by atoms with Crippen LogP contribution in [0.3, 0.4) is 0 Å². The molecule has 1 aliphatic carbocycles. The van der Waals surface area contributed by atoms with Gasteiger partial charge in [0, 0.05) is 11.8 Å². The van der Waals surface area contributed by atoms with E-state index in [-0.39, 0.29) is 36.1 Å². The Balaban J connectivity index is 1.73. The van der Waals surface area contributed by atoms with Crippen LogP contribution < -0.4 is 0 Å². The zero-order valence-electron chi connectivity index (χ0n) is 18.9. The average Bonchev–Trinajstić information content (AvgIpc) is 3.37. The highest BCUT2D eigenvalue weighted by atomic mass is 19.4. The van der Waals surface area contributed by atoms with Crippen LogP contribution in [0.4, 0.5) is 17.6 Å². The van der Waals surface area contributed by atoms with E-state index in [4.69, 9.17) is 9.47 Å². The van der Waals surface area contributed by atoms with Gasteiger partial charge in [0.1, 0.15) is 5.82 Å². The van der Waals surface area contributed by atoms with E-state index in [0.29, 0.717) is 24.8 Å². The van der Waals surface area contributed by atoms with Gasteiger partial charge in [-0.05, 0) is 66.1 Å². The zero-order valence-corrected chi connectivity index (χ0v) is 18.9. The van der Waals surface area contributed by atoms with Gasteiger partial charge in [0.25, 0.3) is 0 Å². The molecule has 0 N–H and O–H groups in total. The molecule has 3 nitrogen and oxygen atoms in total. The molecule has 1 saturated carbocycles. The van der Waals surface area contributed by atoms with E-state index in [1.54, 1.807) is 18.2 Å². The first-order valence-electron chi connectivity index (χ1n) is 11.2. The summed E-state index contributed by atoms with van der Waals surface area (Å²) in [4.78, 5) is 12.6. The van der Waals surface area contributed by atoms with Gasteiger partial charge in [0.05, 0.1) is 30.8 Å². The molecule has 7 heteroatoms. The van der Waals surface area contributed by atoms with E-state index >= 15 is 0 Å². The van der Waals surface area contributed by atoms with Crippen molar-refractivity contribution in [2.75, 3.05) is 13.7 Å². The molecule has 2 fully saturated rings. The van der Waals surface area contributed by atoms with Crippen LogP contribution in [0.15, 0.2) is 42.5 Å². The molecule has 2 aliphatic rings. The topological polar surface area (TPSA) is 35.5 Å². The summed E-state index contributed by atoms with van der Waals surface area (Å²) in [6, 6.07) is 9.97. The Bertz CT molecular complexity index is 1020. The standard InChI is InChI=1S/C26H28F4O3/c1-15(2)20-9-6-18(26(28,29)30)12-22(20)17-13-25(33-14-17)11-10-21(24(31)32-3)23(25)16-4-7-19(27)8-5-16/h4-9,12,15,17,21,23H,10-11,13-14H2,1-3H3/t17?,21-,23?,25+/m0/s1. The summed E-state index contributed by atoms with van der Waals surface area (Å²) in [5, 5.41) is 0. The maximum Gasteiger partial charge on any atom is 0.416 e. The molecular weight excluding hydrogens is 436 g/mol. The van der Waals surface area contributed by atoms with Crippen LogP contribution in [0.2, 0.25) is 0 Å². The minimum absolute atomic E-state index is 0.0538. The van der Waals surface area contributed by atoms with Crippen LogP contribution in [0.5, 0.6) is 0 Å². The summed E-state index contributed by atoms with van der Waals surface area (Å²) in [6.45, 7) is 4.19. The molecule has 2 unspecified atom stereocenters. The van der Waals surface area contributed by atoms with Crippen molar-refractivity contribution in [3.8, 4) is 0 Å². The lowest BCUT2D eigenvalue weighted by molar-refractivity contribution is -0.147. The number of carbonyl (C=O) groups excluding carboxylic acids is 1. The van der Waals surface area contributed by atoms with Crippen LogP contribution in [0.25, 0.3) is 0 Å². The lowest BCUT2D eigenvalue weighted by Crippen LogP contribution is -2.35. The van der Waals surface area contributed by atoms with Gasteiger partial charge >= 0.3 is 12.1 Å². The van der Waals surface area contributed by atoms with Crippen LogP contribution in [-0.4, -0.2) is 25.3 Å². The monoisotopic (exact) mass is 464 g/mol. The van der Waals surface area contributed by atoms with Crippen molar-refractivity contribution in [2.24, 2.45) is 5.92 Å². The van der Waals surface area contributed by atoms with Gasteiger partial charge in [-0.15, -0.1) is 0 Å². The molecule has 0 bridgehead atoms. The normalized spacial score (nSPS) is 27.5. The second kappa shape index (κ2) is 8.75. The highest BCUT2D eigenvalue weighted by molar-refractivity contribution is 5.74. The Labute approximate surface area is 191 Å². The Hall–Kier alpha value is -2.41. The molecule has 2 aromatic carbocycles. The number of halogens is 4. The third kappa shape index (κ3) is 4.39. The number of rotatable bonds is 4. The smallest absolute Gasteiger partial charge is 0.416 e. The Morgan fingerprint density at radius 1 is 1.15 bits per heavy atom. The molecule has 2 aromatic rings. The summed E-state index contributed by atoms with van der Waals surface area (Å²) < 4.78 is 65.4. The summed E-state index contributed by atoms with van der Waals surface area (Å²) >= 11 is 0. The highest BCUT2D eigenvalue weighted by Gasteiger charge is 2.56. The van der Waals surface area contributed by atoms with E-state index in [2.05, 4.69) is 0 Å². The first-order valence-corrected chi connectivity index (χ1v) is 11.2. The van der Waals surface area contributed by atoms with Gasteiger partial charge in [-0.2, -0.15) is 13.2 Å². The number of carbonyl (C=O) groups is 1. The van der Waals surface area contributed by atoms with Crippen molar-refractivity contribution >= 4 is 5.97 Å². The van der Waals surface area contributed by atoms with Gasteiger partial charge in [-0.1, -0.05) is 32.0 Å². The van der Waals surface area contributed by atoms with E-state index in [0.717, 1.165) is 17.2 Å². The molecule has 1 aliphatic heterocycles. The van der Waals surface area contributed by atoms with Gasteiger partial charge in [0.15, 0.2) is 0 Å². The van der Waals surface area contributed by atoms with Crippen LogP contribution >= 0.6 is 0 Å². The van der Waals surface area contributed by atoms with Crippen molar-refractivity contribution in [3.05, 3.63) is 70.5 Å². The fraction of sp³-hybridized carbons (Fsp3) is 0.500. The number of methoxy groups -OCH3 is 1. The van der Waals surface area contributed by atoms with Crippen molar-refractivity contribution < 1.29 is 31.8 Å². The fourth-order valence-electron chi connectivity index (χ4n) is 5.72. The molecule has 4 atom stereocenters. The number of esters is 1. The molecule has 1 saturated heterocycles. The van der Waals surface area contributed by atoms with Crippen LogP contribution in [-0.2, 0) is 20.4 Å². The van der Waals surface area contributed by atoms with Crippen molar-refractivity contribution in [1.82, 2.24) is 0 Å². The van der Waals surface area contributed by atoms with Crippen molar-refractivity contribution in [2.45, 2.75) is 62.6 Å². The summed E-state index contributed by atoms with van der Waals surface area (Å²) in [6.07, 6.45) is -2.81. The molecule has 0 amide bonds. The maximum absolute atomic E-state index is 13.6. The lowest BCUT2D eigenvalue weighted by atomic mass is 9.75. The Morgan fingerprint density at radius 2 is 1.85 bits per heavy atom. The molecular formula is C26H28F4O3. The number of hydrogen-bond acceptors (Lipinski definition) is 3. The van der Waals surface area contributed by atoms with Gasteiger partial charge in [-0.3, -0.25) is 4.79 Å². The van der Waals surface area contributed by atoms with Crippen LogP contribution in [0, 0.1) is 11.7 Å². The number of hydrogen-bond donors (Lipinski definition) is 0. The van der Waals surface area contributed by atoms with Crippen molar-refractivity contribution in [3.63, 3.8) is 0 Å². The molecule has 0 radical (unpaired) electrons. The molecule has 1 heterocycles. The zero-order chi connectivity index (χ0) is 24.0. The lowest BCUT2D eigenvalue weighted by Gasteiger charge is -2.33. The van der Waals surface area contributed by atoms with Gasteiger partial charge in [-0.25, -0.2) is 4.39 Å². The van der Waals surface area contributed by atoms with Crippen molar-refractivity contribution in [1.29, 1.82) is 0 Å². The molecule has 0 aromatic heterocycles. The third-order valence-corrected chi connectivity index (χ3v) is 7.22. The van der Waals surface area contributed by atoms with E-state index in [1.807, 2.05) is 13.8 Å². The minimum Gasteiger partial charge on any atom is -0.469 e. The largest absolute Gasteiger partial charge is 0.469 e. The first kappa shape index (κ1) is 23.7. The number of benzene rings is 2. The molecule has 178 valence electrons. The molecule has 4 rings (SSSR count). The molecule has 1 spiro atoms. The van der Waals surface area contributed by atoms with E-state index in [1.165, 1.54) is 25.3 Å². The molecule has 33 heavy (non-hydrogen) atoms. The SMILES string of the molecule is COC(=O)[C@H]1CC[C@@]2(CC(c3cc(C(F)(F)F)ccc3C(C)C)CO2)C1c1ccc(F)cc1. The summed E-state index contributed by atoms with van der Waals surface area (Å²) in [7, 11) is 1.34. The second-order valence-corrected chi connectivity index (χ2v) is 9.47. The number of ether oxygens (including phenoxy) is 2. The maximum atomic E-state index is 13.6. The van der Waals surface area contributed by atoms with Crippen LogP contribution in [0.1, 0.15) is 73.1 Å². The third-order valence-electron chi connectivity index (χ3n) is 7.22. The predicted molar refractivity (Wildman–Crippen MR) is 115 cm³/mol. The highest BCUT2D eigenvalue weighted by Crippen LogP contribution is 2.57. The Morgan fingerprint density at radius 3 is 2.45 bits per heavy atom. The minimum atomic E-state index is -4.43. The number of alkyl halides is 3. The summed E-state index contributed by atoms with van der Waals surface area (Å²) in [5.41, 5.74) is 0.907. The van der Waals surface area contributed by atoms with Gasteiger partial charge < -0.3 is 9.47 Å². The summed E-state index contributed by atoms with van der Waals surface area (Å²) in [5.74, 6) is -1.72. The second-order valence-electron chi connectivity index (χ2n) is 9.47. The predicted octanol–water partition coefficient (Wildman–Crippen LogP) is 6.58. The van der Waals surface area contributed by atoms with E-state index in [9.17, 15) is 22.4 Å². The first-order chi connectivity index (χ1) is 15.6. The van der Waals surface area contributed by atoms with Gasteiger partial charge in [0.2, 0.25) is 0 Å². The fourth-order valence-corrected chi connectivity index (χ4v) is 5.72. The quantitative estimate of drug-likeness (QED) is 0.379.